The summed E-state index contributed by atoms with van der Waals surface area (Å²) in [6.45, 7) is 0. The van der Waals surface area contributed by atoms with E-state index < -0.39 is 0 Å². The standard InChI is InChI=1S/C15H12BrN3/c16-13-6-2-5-11-12(13)8-14(19-15(11)18)9-3-1-4-10(17)7-9/h1-8H,17H2,(H2,18,19). The summed E-state index contributed by atoms with van der Waals surface area (Å²) in [6.07, 6.45) is 0. The van der Waals surface area contributed by atoms with Gasteiger partial charge in [0.2, 0.25) is 0 Å². The van der Waals surface area contributed by atoms with Gasteiger partial charge in [0.15, 0.2) is 0 Å². The Morgan fingerprint density at radius 1 is 0.895 bits per heavy atom. The smallest absolute Gasteiger partial charge is 0.132 e. The maximum absolute atomic E-state index is 6.04. The molecule has 0 aliphatic rings. The first-order chi connectivity index (χ1) is 9.15. The maximum atomic E-state index is 6.04. The molecule has 0 aliphatic heterocycles. The van der Waals surface area contributed by atoms with Crippen molar-refractivity contribution in [3.05, 3.63) is 53.0 Å². The van der Waals surface area contributed by atoms with Crippen molar-refractivity contribution in [2.45, 2.75) is 0 Å². The van der Waals surface area contributed by atoms with Gasteiger partial charge in [-0.25, -0.2) is 4.98 Å². The van der Waals surface area contributed by atoms with Crippen molar-refractivity contribution in [2.24, 2.45) is 0 Å². The van der Waals surface area contributed by atoms with Crippen molar-refractivity contribution in [1.29, 1.82) is 0 Å². The first-order valence-corrected chi connectivity index (χ1v) is 6.65. The van der Waals surface area contributed by atoms with Crippen LogP contribution in [0.25, 0.3) is 22.0 Å². The Morgan fingerprint density at radius 3 is 2.47 bits per heavy atom. The van der Waals surface area contributed by atoms with Gasteiger partial charge in [0, 0.05) is 26.5 Å². The minimum absolute atomic E-state index is 0.524. The highest BCUT2D eigenvalue weighted by Crippen LogP contribution is 2.31. The summed E-state index contributed by atoms with van der Waals surface area (Å²) in [7, 11) is 0. The van der Waals surface area contributed by atoms with E-state index >= 15 is 0 Å². The summed E-state index contributed by atoms with van der Waals surface area (Å²) in [6, 6.07) is 15.5. The Morgan fingerprint density at radius 2 is 1.68 bits per heavy atom. The van der Waals surface area contributed by atoms with Gasteiger partial charge in [-0.2, -0.15) is 0 Å². The van der Waals surface area contributed by atoms with E-state index in [1.165, 1.54) is 0 Å². The minimum atomic E-state index is 0.524. The lowest BCUT2D eigenvalue weighted by atomic mass is 10.1. The molecule has 3 aromatic rings. The quantitative estimate of drug-likeness (QED) is 0.671. The second-order valence-corrected chi connectivity index (χ2v) is 5.21. The summed E-state index contributed by atoms with van der Waals surface area (Å²) in [5, 5.41) is 1.99. The number of nitrogens with zero attached hydrogens (tertiary/aromatic N) is 1. The van der Waals surface area contributed by atoms with Gasteiger partial charge in [-0.3, -0.25) is 0 Å². The molecule has 0 atom stereocenters. The SMILES string of the molecule is Nc1cccc(-c2cc3c(Br)cccc3c(N)n2)c1. The molecule has 0 fully saturated rings. The number of fused-ring (bicyclic) bond motifs is 1. The topological polar surface area (TPSA) is 64.9 Å². The zero-order chi connectivity index (χ0) is 13.4. The van der Waals surface area contributed by atoms with E-state index in [4.69, 9.17) is 11.5 Å². The number of hydrogen-bond acceptors (Lipinski definition) is 3. The molecule has 0 spiro atoms. The van der Waals surface area contributed by atoms with Crippen LogP contribution in [-0.4, -0.2) is 4.98 Å². The van der Waals surface area contributed by atoms with Gasteiger partial charge >= 0.3 is 0 Å². The predicted molar refractivity (Wildman–Crippen MR) is 83.7 cm³/mol. The monoisotopic (exact) mass is 313 g/mol. The molecule has 4 N–H and O–H groups in total. The molecule has 1 heterocycles. The number of rotatable bonds is 1. The number of pyridine rings is 1. The Kier molecular flexibility index (Phi) is 2.87. The molecule has 0 saturated heterocycles. The highest BCUT2D eigenvalue weighted by molar-refractivity contribution is 9.10. The normalized spacial score (nSPS) is 10.8. The molecule has 1 aromatic heterocycles. The van der Waals surface area contributed by atoms with Crippen LogP contribution in [0.4, 0.5) is 11.5 Å². The summed E-state index contributed by atoms with van der Waals surface area (Å²) in [5.74, 6) is 0.524. The van der Waals surface area contributed by atoms with Crippen molar-refractivity contribution in [3.8, 4) is 11.3 Å². The fourth-order valence-corrected chi connectivity index (χ4v) is 2.59. The first kappa shape index (κ1) is 12.0. The summed E-state index contributed by atoms with van der Waals surface area (Å²) in [5.41, 5.74) is 14.3. The van der Waals surface area contributed by atoms with Crippen molar-refractivity contribution in [2.75, 3.05) is 11.5 Å². The van der Waals surface area contributed by atoms with E-state index in [-0.39, 0.29) is 0 Å². The summed E-state index contributed by atoms with van der Waals surface area (Å²) >= 11 is 3.54. The van der Waals surface area contributed by atoms with Crippen LogP contribution in [0, 0.1) is 0 Å². The summed E-state index contributed by atoms with van der Waals surface area (Å²) < 4.78 is 1.00. The van der Waals surface area contributed by atoms with Crippen LogP contribution in [0.2, 0.25) is 0 Å². The number of nitrogen functional groups attached to an aromatic ring is 2. The van der Waals surface area contributed by atoms with E-state index in [0.29, 0.717) is 11.5 Å². The van der Waals surface area contributed by atoms with Crippen molar-refractivity contribution < 1.29 is 0 Å². The number of benzene rings is 2. The van der Waals surface area contributed by atoms with Gasteiger partial charge < -0.3 is 11.5 Å². The molecule has 0 unspecified atom stereocenters. The average Bonchev–Trinajstić information content (AvgIpc) is 2.40. The molecule has 3 nitrogen and oxygen atoms in total. The summed E-state index contributed by atoms with van der Waals surface area (Å²) in [4.78, 5) is 4.46. The van der Waals surface area contributed by atoms with Crippen LogP contribution >= 0.6 is 15.9 Å². The van der Waals surface area contributed by atoms with E-state index in [1.807, 2.05) is 48.5 Å². The van der Waals surface area contributed by atoms with Crippen molar-refractivity contribution in [1.82, 2.24) is 4.98 Å². The first-order valence-electron chi connectivity index (χ1n) is 5.86. The minimum Gasteiger partial charge on any atom is -0.399 e. The fraction of sp³-hybridized carbons (Fsp3) is 0. The predicted octanol–water partition coefficient (Wildman–Crippen LogP) is 3.83. The zero-order valence-electron chi connectivity index (χ0n) is 10.1. The van der Waals surface area contributed by atoms with Crippen LogP contribution in [0.3, 0.4) is 0 Å². The molecule has 94 valence electrons. The van der Waals surface area contributed by atoms with Crippen LogP contribution in [-0.2, 0) is 0 Å². The maximum Gasteiger partial charge on any atom is 0.132 e. The Balaban J connectivity index is 2.29. The van der Waals surface area contributed by atoms with Crippen LogP contribution < -0.4 is 11.5 Å². The molecule has 19 heavy (non-hydrogen) atoms. The van der Waals surface area contributed by atoms with E-state index in [1.54, 1.807) is 0 Å². The molecule has 3 rings (SSSR count). The lowest BCUT2D eigenvalue weighted by Gasteiger charge is -2.08. The van der Waals surface area contributed by atoms with E-state index in [2.05, 4.69) is 20.9 Å². The molecule has 0 amide bonds. The lowest BCUT2D eigenvalue weighted by molar-refractivity contribution is 1.36. The van der Waals surface area contributed by atoms with Gasteiger partial charge in [0.25, 0.3) is 0 Å². The molecule has 0 saturated carbocycles. The van der Waals surface area contributed by atoms with Gasteiger partial charge in [0.1, 0.15) is 5.82 Å². The number of aromatic nitrogens is 1. The largest absolute Gasteiger partial charge is 0.399 e. The second-order valence-electron chi connectivity index (χ2n) is 4.35. The Hall–Kier alpha value is -2.07. The highest BCUT2D eigenvalue weighted by atomic mass is 79.9. The third-order valence-corrected chi connectivity index (χ3v) is 3.72. The number of nitrogens with two attached hydrogens (primary N) is 2. The molecule has 2 aromatic carbocycles. The van der Waals surface area contributed by atoms with Gasteiger partial charge in [-0.1, -0.05) is 40.2 Å². The molecule has 0 bridgehead atoms. The number of anilines is 2. The van der Waals surface area contributed by atoms with Gasteiger partial charge in [-0.05, 0) is 24.3 Å². The molecular weight excluding hydrogens is 302 g/mol. The average molecular weight is 314 g/mol. The fourth-order valence-electron chi connectivity index (χ4n) is 2.11. The third-order valence-electron chi connectivity index (χ3n) is 3.03. The van der Waals surface area contributed by atoms with Crippen LogP contribution in [0.15, 0.2) is 53.0 Å². The van der Waals surface area contributed by atoms with Crippen molar-refractivity contribution in [3.63, 3.8) is 0 Å². The molecular formula is C15H12BrN3. The van der Waals surface area contributed by atoms with Crippen LogP contribution in [0.1, 0.15) is 0 Å². The highest BCUT2D eigenvalue weighted by Gasteiger charge is 2.07. The zero-order valence-corrected chi connectivity index (χ0v) is 11.7. The van der Waals surface area contributed by atoms with E-state index in [0.717, 1.165) is 26.5 Å². The second kappa shape index (κ2) is 4.55. The molecule has 4 heteroatoms. The molecule has 0 aliphatic carbocycles. The van der Waals surface area contributed by atoms with Crippen LogP contribution in [0.5, 0.6) is 0 Å². The Labute approximate surface area is 119 Å². The lowest BCUT2D eigenvalue weighted by Crippen LogP contribution is -1.95. The number of halogens is 1. The van der Waals surface area contributed by atoms with E-state index in [9.17, 15) is 0 Å². The third kappa shape index (κ3) is 2.15. The Bertz CT molecular complexity index is 768. The number of hydrogen-bond donors (Lipinski definition) is 2. The molecule has 0 radical (unpaired) electrons. The van der Waals surface area contributed by atoms with Crippen molar-refractivity contribution >= 4 is 38.2 Å². The van der Waals surface area contributed by atoms with Gasteiger partial charge in [-0.15, -0.1) is 0 Å². The van der Waals surface area contributed by atoms with Gasteiger partial charge in [0.05, 0.1) is 5.69 Å².